The molecule has 0 saturated carbocycles. The van der Waals surface area contributed by atoms with E-state index in [0.717, 1.165) is 42.4 Å². The van der Waals surface area contributed by atoms with E-state index in [1.165, 1.54) is 0 Å². The van der Waals surface area contributed by atoms with Crippen LogP contribution in [0.3, 0.4) is 0 Å². The highest BCUT2D eigenvalue weighted by Crippen LogP contribution is 2.48. The van der Waals surface area contributed by atoms with Crippen LogP contribution in [0.25, 0.3) is 10.9 Å². The predicted molar refractivity (Wildman–Crippen MR) is 103 cm³/mol. The standard InChI is InChI=1S/C21H27N3O2/c1-20(2)11-21(3,4)18(25)17-16(20)14-9-12(5-6-15(14)24-17)19(26)23-13-7-8-22-10-13/h5-6,9,13,22,24H,7-8,10-11H2,1-4H3,(H,23,26)/t13-/m1/s1. The molecule has 1 aromatic heterocycles. The van der Waals surface area contributed by atoms with Crippen molar-refractivity contribution in [3.8, 4) is 0 Å². The highest BCUT2D eigenvalue weighted by molar-refractivity contribution is 6.08. The summed E-state index contributed by atoms with van der Waals surface area (Å²) in [5.74, 6) is 0.113. The maximum Gasteiger partial charge on any atom is 0.251 e. The number of carbonyl (C=O) groups excluding carboxylic acids is 2. The van der Waals surface area contributed by atoms with Crippen LogP contribution in [0, 0.1) is 5.41 Å². The third-order valence-electron chi connectivity index (χ3n) is 5.86. The van der Waals surface area contributed by atoms with Gasteiger partial charge < -0.3 is 15.6 Å². The van der Waals surface area contributed by atoms with E-state index in [1.54, 1.807) is 0 Å². The molecule has 138 valence electrons. The van der Waals surface area contributed by atoms with Crippen molar-refractivity contribution in [3.05, 3.63) is 35.0 Å². The molecule has 5 nitrogen and oxygen atoms in total. The lowest BCUT2D eigenvalue weighted by atomic mass is 9.63. The topological polar surface area (TPSA) is 74.0 Å². The number of hydrogen-bond acceptors (Lipinski definition) is 3. The van der Waals surface area contributed by atoms with E-state index in [1.807, 2.05) is 32.0 Å². The minimum Gasteiger partial charge on any atom is -0.352 e. The fourth-order valence-electron chi connectivity index (χ4n) is 4.86. The number of benzene rings is 1. The Morgan fingerprint density at radius 3 is 2.65 bits per heavy atom. The highest BCUT2D eigenvalue weighted by atomic mass is 16.1. The van der Waals surface area contributed by atoms with Gasteiger partial charge >= 0.3 is 0 Å². The van der Waals surface area contributed by atoms with Crippen molar-refractivity contribution in [1.29, 1.82) is 0 Å². The van der Waals surface area contributed by atoms with Gasteiger partial charge in [0.15, 0.2) is 5.78 Å². The molecular weight excluding hydrogens is 326 g/mol. The average molecular weight is 353 g/mol. The van der Waals surface area contributed by atoms with Gasteiger partial charge in [0.1, 0.15) is 0 Å². The molecule has 3 N–H and O–H groups in total. The maximum atomic E-state index is 12.9. The van der Waals surface area contributed by atoms with Crippen LogP contribution in [0.15, 0.2) is 18.2 Å². The van der Waals surface area contributed by atoms with Crippen LogP contribution >= 0.6 is 0 Å². The van der Waals surface area contributed by atoms with Gasteiger partial charge in [-0.25, -0.2) is 0 Å². The second kappa shape index (κ2) is 5.68. The van der Waals surface area contributed by atoms with E-state index in [2.05, 4.69) is 29.5 Å². The number of carbonyl (C=O) groups is 2. The number of ketones is 1. The third kappa shape index (κ3) is 2.65. The van der Waals surface area contributed by atoms with Gasteiger partial charge in [-0.3, -0.25) is 9.59 Å². The molecule has 1 amide bonds. The van der Waals surface area contributed by atoms with Crippen molar-refractivity contribution in [2.45, 2.75) is 52.0 Å². The number of hydrogen-bond donors (Lipinski definition) is 3. The molecule has 1 aromatic carbocycles. The number of amides is 1. The molecule has 26 heavy (non-hydrogen) atoms. The largest absolute Gasteiger partial charge is 0.352 e. The minimum absolute atomic E-state index is 0.0455. The zero-order valence-corrected chi connectivity index (χ0v) is 16.0. The van der Waals surface area contributed by atoms with E-state index >= 15 is 0 Å². The number of H-pyrrole nitrogens is 1. The van der Waals surface area contributed by atoms with Crippen molar-refractivity contribution < 1.29 is 9.59 Å². The molecule has 0 bridgehead atoms. The summed E-state index contributed by atoms with van der Waals surface area (Å²) in [6.07, 6.45) is 1.76. The Kier molecular flexibility index (Phi) is 3.77. The third-order valence-corrected chi connectivity index (χ3v) is 5.86. The molecule has 0 spiro atoms. The van der Waals surface area contributed by atoms with E-state index in [-0.39, 0.29) is 28.6 Å². The van der Waals surface area contributed by atoms with Crippen LogP contribution in [0.1, 0.15) is 66.9 Å². The molecule has 2 aromatic rings. The molecular formula is C21H27N3O2. The lowest BCUT2D eigenvalue weighted by molar-refractivity contribution is 0.0759. The van der Waals surface area contributed by atoms with Gasteiger partial charge in [-0.05, 0) is 48.6 Å². The lowest BCUT2D eigenvalue weighted by Gasteiger charge is -2.39. The predicted octanol–water partition coefficient (Wildman–Crippen LogP) is 3.15. The normalized spacial score (nSPS) is 23.8. The first kappa shape index (κ1) is 17.3. The first-order valence-corrected chi connectivity index (χ1v) is 9.42. The number of rotatable bonds is 2. The van der Waals surface area contributed by atoms with Gasteiger partial charge in [-0.15, -0.1) is 0 Å². The number of Topliss-reactive ketones (excluding diaryl/α,β-unsaturated/α-hetero) is 1. The number of aromatic amines is 1. The Morgan fingerprint density at radius 1 is 1.19 bits per heavy atom. The first-order chi connectivity index (χ1) is 12.2. The van der Waals surface area contributed by atoms with Crippen molar-refractivity contribution >= 4 is 22.6 Å². The Hall–Kier alpha value is -2.14. The van der Waals surface area contributed by atoms with E-state index in [9.17, 15) is 9.59 Å². The molecule has 1 aliphatic carbocycles. The highest BCUT2D eigenvalue weighted by Gasteiger charge is 2.45. The van der Waals surface area contributed by atoms with Crippen LogP contribution in [0.2, 0.25) is 0 Å². The lowest BCUT2D eigenvalue weighted by Crippen LogP contribution is -2.39. The van der Waals surface area contributed by atoms with E-state index < -0.39 is 0 Å². The monoisotopic (exact) mass is 353 g/mol. The summed E-state index contributed by atoms with van der Waals surface area (Å²) in [5, 5.41) is 7.35. The van der Waals surface area contributed by atoms with Gasteiger partial charge in [0, 0.05) is 34.5 Å². The van der Waals surface area contributed by atoms with Crippen LogP contribution in [-0.2, 0) is 5.41 Å². The summed E-state index contributed by atoms with van der Waals surface area (Å²) < 4.78 is 0. The summed E-state index contributed by atoms with van der Waals surface area (Å²) in [5.41, 5.74) is 2.82. The maximum absolute atomic E-state index is 12.9. The SMILES string of the molecule is CC1(C)CC(C)(C)c2c([nH]c3ccc(C(=O)N[C@@H]4CCNC4)cc23)C1=O. The quantitative estimate of drug-likeness (QED) is 0.776. The zero-order chi connectivity index (χ0) is 18.7. The molecule has 0 unspecified atom stereocenters. The molecule has 4 rings (SSSR count). The Labute approximate surface area is 153 Å². The molecule has 2 aliphatic rings. The fourth-order valence-corrected chi connectivity index (χ4v) is 4.86. The molecule has 1 fully saturated rings. The second-order valence-electron chi connectivity index (χ2n) is 9.07. The van der Waals surface area contributed by atoms with Gasteiger partial charge in [0.05, 0.1) is 5.69 Å². The van der Waals surface area contributed by atoms with Crippen LogP contribution < -0.4 is 10.6 Å². The summed E-state index contributed by atoms with van der Waals surface area (Å²) >= 11 is 0. The summed E-state index contributed by atoms with van der Waals surface area (Å²) in [6.45, 7) is 10.2. The summed E-state index contributed by atoms with van der Waals surface area (Å²) in [4.78, 5) is 28.9. The van der Waals surface area contributed by atoms with Crippen molar-refractivity contribution in [1.82, 2.24) is 15.6 Å². The Morgan fingerprint density at radius 2 is 1.96 bits per heavy atom. The van der Waals surface area contributed by atoms with Crippen molar-refractivity contribution in [2.24, 2.45) is 5.41 Å². The average Bonchev–Trinajstić information content (AvgIpc) is 3.18. The molecule has 1 aliphatic heterocycles. The van der Waals surface area contributed by atoms with Gasteiger partial charge in [0.25, 0.3) is 5.91 Å². The van der Waals surface area contributed by atoms with Crippen LogP contribution in [0.4, 0.5) is 0 Å². The summed E-state index contributed by atoms with van der Waals surface area (Å²) in [7, 11) is 0. The molecule has 1 atom stereocenters. The molecule has 2 heterocycles. The smallest absolute Gasteiger partial charge is 0.251 e. The van der Waals surface area contributed by atoms with Gasteiger partial charge in [-0.2, -0.15) is 0 Å². The number of fused-ring (bicyclic) bond motifs is 3. The van der Waals surface area contributed by atoms with Crippen molar-refractivity contribution in [2.75, 3.05) is 13.1 Å². The minimum atomic E-state index is -0.382. The molecule has 1 saturated heterocycles. The van der Waals surface area contributed by atoms with Crippen molar-refractivity contribution in [3.63, 3.8) is 0 Å². The van der Waals surface area contributed by atoms with Crippen LogP contribution in [-0.4, -0.2) is 35.8 Å². The number of nitrogens with one attached hydrogen (secondary N) is 3. The van der Waals surface area contributed by atoms with Gasteiger partial charge in [0.2, 0.25) is 0 Å². The van der Waals surface area contributed by atoms with E-state index in [0.29, 0.717) is 11.3 Å². The first-order valence-electron chi connectivity index (χ1n) is 9.42. The second-order valence-corrected chi connectivity index (χ2v) is 9.07. The fraction of sp³-hybridized carbons (Fsp3) is 0.524. The molecule has 5 heteroatoms. The number of aromatic nitrogens is 1. The Bertz CT molecular complexity index is 901. The zero-order valence-electron chi connectivity index (χ0n) is 16.0. The summed E-state index contributed by atoms with van der Waals surface area (Å²) in [6, 6.07) is 5.89. The molecule has 0 radical (unpaired) electrons. The van der Waals surface area contributed by atoms with E-state index in [4.69, 9.17) is 0 Å². The van der Waals surface area contributed by atoms with Crippen LogP contribution in [0.5, 0.6) is 0 Å². The van der Waals surface area contributed by atoms with Gasteiger partial charge in [-0.1, -0.05) is 27.7 Å². The Balaban J connectivity index is 1.77.